The molecule has 11 aromatic rings. The molecule has 0 spiro atoms. The Kier molecular flexibility index (Phi) is 9.40. The van der Waals surface area contributed by atoms with E-state index in [1.807, 2.05) is 95.7 Å². The molecule has 2 heterocycles. The van der Waals surface area contributed by atoms with Crippen LogP contribution in [-0.2, 0) is 9.98 Å². The molecule has 5 nitrogen and oxygen atoms in total. The maximum atomic E-state index is 16.2. The van der Waals surface area contributed by atoms with Gasteiger partial charge in [0.1, 0.15) is 11.2 Å². The summed E-state index contributed by atoms with van der Waals surface area (Å²) in [6.45, 7) is 4.68. The van der Waals surface area contributed by atoms with Crippen molar-refractivity contribution in [2.45, 2.75) is 19.3 Å². The molecule has 0 saturated carbocycles. The minimum Gasteiger partial charge on any atom is -0.456 e. The minimum atomic E-state index is -3.51. The van der Waals surface area contributed by atoms with Crippen molar-refractivity contribution in [3.63, 3.8) is 0 Å². The average Bonchev–Trinajstić information content (AvgIpc) is 3.99. The van der Waals surface area contributed by atoms with Crippen molar-refractivity contribution in [3.8, 4) is 33.4 Å². The van der Waals surface area contributed by atoms with E-state index in [9.17, 15) is 0 Å². The van der Waals surface area contributed by atoms with E-state index in [0.717, 1.165) is 83.7 Å². The molecule has 0 fully saturated rings. The summed E-state index contributed by atoms with van der Waals surface area (Å²) in [5, 5.41) is 2.80. The standard InChI is InChI=1S/C63H46N3O2P/c1-63(2)55-30-16-15-29-52(55)62-56(63)31-18-32-58(62)64(49-26-17-21-44(39-49)43-19-7-3-8-20-43)50-35-38-61-54(42-50)53-40-45(34-37-60(53)68-61)46-33-36-57-59(41-46)66(48-24-11-5-12-25-48)69(67,51-27-13-6-14-28-51)65(57)47-22-9-4-10-23-47/h3-42H,1-2H3. The molecule has 1 aliphatic carbocycles. The third-order valence-corrected chi connectivity index (χ3v) is 17.1. The van der Waals surface area contributed by atoms with E-state index in [4.69, 9.17) is 4.42 Å². The van der Waals surface area contributed by atoms with Gasteiger partial charge in [-0.2, -0.15) is 0 Å². The van der Waals surface area contributed by atoms with Crippen LogP contribution in [0.3, 0.4) is 0 Å². The first-order chi connectivity index (χ1) is 33.9. The number of rotatable bonds is 8. The van der Waals surface area contributed by atoms with Crippen molar-refractivity contribution in [1.29, 1.82) is 0 Å². The molecule has 0 radical (unpaired) electrons. The lowest BCUT2D eigenvalue weighted by atomic mass is 9.82. The number of fused-ring (bicyclic) bond motifs is 7. The van der Waals surface area contributed by atoms with Gasteiger partial charge >= 0.3 is 7.44 Å². The minimum absolute atomic E-state index is 0.158. The van der Waals surface area contributed by atoms with Gasteiger partial charge in [-0.25, -0.2) is 0 Å². The van der Waals surface area contributed by atoms with Gasteiger partial charge in [-0.15, -0.1) is 0 Å². The van der Waals surface area contributed by atoms with Gasteiger partial charge in [0.15, 0.2) is 0 Å². The van der Waals surface area contributed by atoms with Crippen LogP contribution in [0.4, 0.5) is 39.8 Å². The monoisotopic (exact) mass is 907 g/mol. The van der Waals surface area contributed by atoms with Crippen LogP contribution in [0.2, 0.25) is 0 Å². The van der Waals surface area contributed by atoms with Gasteiger partial charge in [0.05, 0.1) is 22.4 Å². The summed E-state index contributed by atoms with van der Waals surface area (Å²) < 4.78 is 27.0. The van der Waals surface area contributed by atoms with E-state index in [-0.39, 0.29) is 5.41 Å². The van der Waals surface area contributed by atoms with Crippen LogP contribution >= 0.6 is 7.44 Å². The lowest BCUT2D eigenvalue weighted by Crippen LogP contribution is -2.26. The fourth-order valence-corrected chi connectivity index (χ4v) is 13.9. The Morgan fingerprint density at radius 3 is 1.71 bits per heavy atom. The molecule has 2 aliphatic rings. The largest absolute Gasteiger partial charge is 0.456 e. The topological polar surface area (TPSA) is 39.9 Å². The van der Waals surface area contributed by atoms with Crippen LogP contribution < -0.4 is 19.5 Å². The molecule has 0 N–H and O–H groups in total. The fourth-order valence-electron chi connectivity index (χ4n) is 10.9. The number of benzene rings is 10. The molecule has 10 aromatic carbocycles. The molecule has 1 aromatic heterocycles. The molecular formula is C63H46N3O2P. The van der Waals surface area contributed by atoms with Gasteiger partial charge < -0.3 is 9.32 Å². The Morgan fingerprint density at radius 2 is 0.971 bits per heavy atom. The summed E-state index contributed by atoms with van der Waals surface area (Å²) >= 11 is 0. The molecule has 69 heavy (non-hydrogen) atoms. The maximum absolute atomic E-state index is 16.2. The number of hydrogen-bond donors (Lipinski definition) is 0. The van der Waals surface area contributed by atoms with Gasteiger partial charge in [0, 0.05) is 44.5 Å². The van der Waals surface area contributed by atoms with Crippen molar-refractivity contribution in [2.24, 2.45) is 0 Å². The second-order valence-corrected chi connectivity index (χ2v) is 20.9. The predicted molar refractivity (Wildman–Crippen MR) is 288 cm³/mol. The van der Waals surface area contributed by atoms with Gasteiger partial charge in [-0.3, -0.25) is 13.9 Å². The number of anilines is 7. The Balaban J connectivity index is 0.983. The smallest absolute Gasteiger partial charge is 0.301 e. The third kappa shape index (κ3) is 6.42. The average molecular weight is 908 g/mol. The third-order valence-electron chi connectivity index (χ3n) is 14.2. The Bertz CT molecular complexity index is 3810. The van der Waals surface area contributed by atoms with Crippen molar-refractivity contribution in [3.05, 3.63) is 254 Å². The van der Waals surface area contributed by atoms with E-state index in [0.29, 0.717) is 0 Å². The molecule has 0 saturated heterocycles. The van der Waals surface area contributed by atoms with Crippen LogP contribution in [0.5, 0.6) is 0 Å². The normalized spacial score (nSPS) is 15.6. The molecule has 0 bridgehead atoms. The summed E-state index contributed by atoms with van der Waals surface area (Å²) in [5.41, 5.74) is 17.7. The summed E-state index contributed by atoms with van der Waals surface area (Å²) in [4.78, 5) is 2.42. The fraction of sp³-hybridized carbons (Fsp3) is 0.0476. The van der Waals surface area contributed by atoms with Crippen LogP contribution in [0.1, 0.15) is 25.0 Å². The number of para-hydroxylation sites is 2. The van der Waals surface area contributed by atoms with Crippen molar-refractivity contribution in [1.82, 2.24) is 0 Å². The first kappa shape index (κ1) is 40.9. The second-order valence-electron chi connectivity index (χ2n) is 18.5. The number of hydrogen-bond acceptors (Lipinski definition) is 3. The second kappa shape index (κ2) is 15.9. The van der Waals surface area contributed by atoms with E-state index in [2.05, 4.69) is 175 Å². The molecule has 330 valence electrons. The predicted octanol–water partition coefficient (Wildman–Crippen LogP) is 17.5. The van der Waals surface area contributed by atoms with Crippen LogP contribution in [0.15, 0.2) is 247 Å². The molecular weight excluding hydrogens is 862 g/mol. The Morgan fingerprint density at radius 1 is 0.435 bits per heavy atom. The molecule has 1 atom stereocenters. The van der Waals surface area contributed by atoms with Gasteiger partial charge in [0.2, 0.25) is 0 Å². The summed E-state index contributed by atoms with van der Waals surface area (Å²) in [6, 6.07) is 84.8. The molecule has 1 aliphatic heterocycles. The first-order valence-electron chi connectivity index (χ1n) is 23.5. The highest BCUT2D eigenvalue weighted by atomic mass is 31.2. The Labute approximate surface area is 402 Å². The van der Waals surface area contributed by atoms with Crippen molar-refractivity contribution in [2.75, 3.05) is 14.2 Å². The molecule has 1 unspecified atom stereocenters. The number of furan rings is 1. The summed E-state index contributed by atoms with van der Waals surface area (Å²) in [7, 11) is -3.51. The van der Waals surface area contributed by atoms with E-state index in [1.165, 1.54) is 27.8 Å². The zero-order chi connectivity index (χ0) is 46.3. The molecule has 13 rings (SSSR count). The first-order valence-corrected chi connectivity index (χ1v) is 25.1. The van der Waals surface area contributed by atoms with Crippen molar-refractivity contribution >= 4 is 74.5 Å². The van der Waals surface area contributed by atoms with Gasteiger partial charge in [0.25, 0.3) is 0 Å². The molecule has 0 amide bonds. The number of nitrogens with zero attached hydrogens (tertiary/aromatic N) is 3. The quantitative estimate of drug-likeness (QED) is 0.142. The highest BCUT2D eigenvalue weighted by Gasteiger charge is 2.49. The Hall–Kier alpha value is -8.37. The maximum Gasteiger partial charge on any atom is 0.301 e. The van der Waals surface area contributed by atoms with Crippen LogP contribution in [0, 0.1) is 0 Å². The SMILES string of the molecule is CC1(C)c2ccccc2-c2c(N(c3cccc(-c4ccccc4)c3)c3ccc4oc5ccc(-c6ccc7c(c6)N(c6ccccc6)P(=O)(c6ccccc6)N7c6ccccc6)cc5c4c3)cccc21. The van der Waals surface area contributed by atoms with Crippen molar-refractivity contribution < 1.29 is 8.98 Å². The lowest BCUT2D eigenvalue weighted by molar-refractivity contribution is 0.582. The van der Waals surface area contributed by atoms with Gasteiger partial charge in [-0.1, -0.05) is 159 Å². The van der Waals surface area contributed by atoms with Crippen LogP contribution in [0.25, 0.3) is 55.3 Å². The highest BCUT2D eigenvalue weighted by molar-refractivity contribution is 7.76. The lowest BCUT2D eigenvalue weighted by Gasteiger charge is -2.33. The van der Waals surface area contributed by atoms with Gasteiger partial charge in [-0.05, 0) is 136 Å². The van der Waals surface area contributed by atoms with E-state index < -0.39 is 7.44 Å². The zero-order valence-corrected chi connectivity index (χ0v) is 39.1. The summed E-state index contributed by atoms with van der Waals surface area (Å²) in [5.74, 6) is 0. The zero-order valence-electron chi connectivity index (χ0n) is 38.2. The molecule has 6 heteroatoms. The summed E-state index contributed by atoms with van der Waals surface area (Å²) in [6.07, 6.45) is 0. The highest BCUT2D eigenvalue weighted by Crippen LogP contribution is 2.70. The van der Waals surface area contributed by atoms with E-state index in [1.54, 1.807) is 0 Å². The van der Waals surface area contributed by atoms with E-state index >= 15 is 4.57 Å². The van der Waals surface area contributed by atoms with Crippen LogP contribution in [-0.4, -0.2) is 0 Å².